The quantitative estimate of drug-likeness (QED) is 0.598. The second-order valence-electron chi connectivity index (χ2n) is 6.55. The van der Waals surface area contributed by atoms with Crippen molar-refractivity contribution in [3.05, 3.63) is 69.8 Å². The topological polar surface area (TPSA) is 75.9 Å². The van der Waals surface area contributed by atoms with Crippen molar-refractivity contribution in [3.63, 3.8) is 0 Å². The molecule has 1 saturated heterocycles. The van der Waals surface area contributed by atoms with Crippen molar-refractivity contribution in [2.75, 3.05) is 33.3 Å². The summed E-state index contributed by atoms with van der Waals surface area (Å²) >= 11 is 0. The van der Waals surface area contributed by atoms with E-state index < -0.39 is 4.92 Å². The van der Waals surface area contributed by atoms with Gasteiger partial charge in [0.1, 0.15) is 0 Å². The lowest BCUT2D eigenvalue weighted by Gasteiger charge is -2.22. The molecule has 1 amide bonds. The van der Waals surface area contributed by atoms with Crippen molar-refractivity contribution < 1.29 is 14.5 Å². The average molecular weight is 369 g/mol. The van der Waals surface area contributed by atoms with E-state index in [0.29, 0.717) is 18.7 Å². The predicted molar refractivity (Wildman–Crippen MR) is 102 cm³/mol. The predicted octanol–water partition coefficient (Wildman–Crippen LogP) is 2.95. The highest BCUT2D eigenvalue weighted by molar-refractivity contribution is 5.95. The number of hydrogen-bond donors (Lipinski definition) is 0. The molecule has 0 unspecified atom stereocenters. The lowest BCUT2D eigenvalue weighted by Crippen LogP contribution is -2.35. The van der Waals surface area contributed by atoms with Crippen LogP contribution < -0.4 is 4.74 Å². The van der Waals surface area contributed by atoms with E-state index in [-0.39, 0.29) is 17.3 Å². The molecule has 0 saturated carbocycles. The van der Waals surface area contributed by atoms with E-state index in [1.54, 1.807) is 11.0 Å². The standard InChI is InChI=1S/C20H23N3O4/c1-27-19-9-8-17(14-18(19)23(25)26)20(24)22-11-5-10-21(12-13-22)15-16-6-3-2-4-7-16/h2-4,6-9,14H,5,10-13,15H2,1H3. The number of ether oxygens (including phenoxy) is 1. The molecule has 2 aromatic carbocycles. The minimum absolute atomic E-state index is 0.154. The van der Waals surface area contributed by atoms with Gasteiger partial charge in [-0.25, -0.2) is 0 Å². The molecule has 142 valence electrons. The normalized spacial score (nSPS) is 15.2. The van der Waals surface area contributed by atoms with Crippen LogP contribution in [0.2, 0.25) is 0 Å². The second-order valence-corrected chi connectivity index (χ2v) is 6.55. The van der Waals surface area contributed by atoms with Crippen LogP contribution in [0.15, 0.2) is 48.5 Å². The number of carbonyl (C=O) groups is 1. The van der Waals surface area contributed by atoms with Crippen molar-refractivity contribution in [2.45, 2.75) is 13.0 Å². The van der Waals surface area contributed by atoms with Crippen LogP contribution >= 0.6 is 0 Å². The Kier molecular flexibility index (Phi) is 6.03. The van der Waals surface area contributed by atoms with Crippen LogP contribution in [0.4, 0.5) is 5.69 Å². The Morgan fingerprint density at radius 3 is 2.59 bits per heavy atom. The highest BCUT2D eigenvalue weighted by atomic mass is 16.6. The second kappa shape index (κ2) is 8.64. The summed E-state index contributed by atoms with van der Waals surface area (Å²) < 4.78 is 5.00. The number of nitrogens with zero attached hydrogens (tertiary/aromatic N) is 3. The van der Waals surface area contributed by atoms with Gasteiger partial charge >= 0.3 is 5.69 Å². The van der Waals surface area contributed by atoms with Crippen LogP contribution in [0.3, 0.4) is 0 Å². The minimum atomic E-state index is -0.528. The third-order valence-electron chi connectivity index (χ3n) is 4.75. The minimum Gasteiger partial charge on any atom is -0.490 e. The van der Waals surface area contributed by atoms with Gasteiger partial charge in [-0.15, -0.1) is 0 Å². The average Bonchev–Trinajstić information content (AvgIpc) is 2.93. The van der Waals surface area contributed by atoms with E-state index in [0.717, 1.165) is 26.1 Å². The number of rotatable bonds is 5. The Balaban J connectivity index is 1.67. The smallest absolute Gasteiger partial charge is 0.311 e. The van der Waals surface area contributed by atoms with Crippen LogP contribution in [0.5, 0.6) is 5.75 Å². The Hall–Kier alpha value is -2.93. The molecule has 1 aliphatic heterocycles. The van der Waals surface area contributed by atoms with Crippen LogP contribution in [0.25, 0.3) is 0 Å². The summed E-state index contributed by atoms with van der Waals surface area (Å²) in [7, 11) is 1.37. The first-order valence-corrected chi connectivity index (χ1v) is 8.96. The first-order valence-electron chi connectivity index (χ1n) is 8.96. The van der Waals surface area contributed by atoms with E-state index in [9.17, 15) is 14.9 Å². The van der Waals surface area contributed by atoms with Gasteiger partial charge in [0.15, 0.2) is 5.75 Å². The summed E-state index contributed by atoms with van der Waals surface area (Å²) in [5, 5.41) is 11.2. The zero-order valence-corrected chi connectivity index (χ0v) is 15.3. The number of nitro groups is 1. The molecular formula is C20H23N3O4. The monoisotopic (exact) mass is 369 g/mol. The molecular weight excluding hydrogens is 346 g/mol. The molecule has 2 aromatic rings. The van der Waals surface area contributed by atoms with Crippen molar-refractivity contribution >= 4 is 11.6 Å². The first-order chi connectivity index (χ1) is 13.1. The number of methoxy groups -OCH3 is 1. The van der Waals surface area contributed by atoms with E-state index >= 15 is 0 Å². The van der Waals surface area contributed by atoms with Gasteiger partial charge in [-0.2, -0.15) is 0 Å². The third kappa shape index (κ3) is 4.62. The summed E-state index contributed by atoms with van der Waals surface area (Å²) in [5.41, 5.74) is 1.38. The summed E-state index contributed by atoms with van der Waals surface area (Å²) in [6.07, 6.45) is 0.872. The zero-order chi connectivity index (χ0) is 19.2. The van der Waals surface area contributed by atoms with Crippen molar-refractivity contribution in [1.29, 1.82) is 0 Å². The molecule has 1 fully saturated rings. The van der Waals surface area contributed by atoms with E-state index in [1.807, 2.05) is 18.2 Å². The third-order valence-corrected chi connectivity index (χ3v) is 4.75. The fourth-order valence-electron chi connectivity index (χ4n) is 3.32. The molecule has 1 heterocycles. The zero-order valence-electron chi connectivity index (χ0n) is 15.3. The lowest BCUT2D eigenvalue weighted by molar-refractivity contribution is -0.385. The van der Waals surface area contributed by atoms with Crippen LogP contribution in [-0.4, -0.2) is 53.9 Å². The molecule has 1 aliphatic rings. The summed E-state index contributed by atoms with van der Waals surface area (Å²) in [4.78, 5) is 27.6. The maximum atomic E-state index is 12.8. The van der Waals surface area contributed by atoms with Crippen LogP contribution in [0, 0.1) is 10.1 Å². The van der Waals surface area contributed by atoms with Crippen molar-refractivity contribution in [3.8, 4) is 5.75 Å². The molecule has 0 radical (unpaired) electrons. The molecule has 0 aliphatic carbocycles. The van der Waals surface area contributed by atoms with Gasteiger partial charge in [0, 0.05) is 44.4 Å². The Bertz CT molecular complexity index is 810. The van der Waals surface area contributed by atoms with Gasteiger partial charge in [-0.3, -0.25) is 19.8 Å². The summed E-state index contributed by atoms with van der Waals surface area (Å²) in [6, 6.07) is 14.6. The molecule has 0 spiro atoms. The molecule has 7 heteroatoms. The molecule has 0 N–H and O–H groups in total. The van der Waals surface area contributed by atoms with Gasteiger partial charge < -0.3 is 9.64 Å². The summed E-state index contributed by atoms with van der Waals surface area (Å²) in [6.45, 7) is 3.80. The SMILES string of the molecule is COc1ccc(C(=O)N2CCCN(Cc3ccccc3)CC2)cc1[N+](=O)[O-]. The fourth-order valence-corrected chi connectivity index (χ4v) is 3.32. The fraction of sp³-hybridized carbons (Fsp3) is 0.350. The number of benzene rings is 2. The van der Waals surface area contributed by atoms with Gasteiger partial charge in [-0.1, -0.05) is 30.3 Å². The number of carbonyl (C=O) groups excluding carboxylic acids is 1. The van der Waals surface area contributed by atoms with E-state index in [2.05, 4.69) is 17.0 Å². The number of nitro benzene ring substituents is 1. The molecule has 0 bridgehead atoms. The largest absolute Gasteiger partial charge is 0.490 e. The highest BCUT2D eigenvalue weighted by Gasteiger charge is 2.23. The van der Waals surface area contributed by atoms with Gasteiger partial charge in [0.25, 0.3) is 5.91 Å². The van der Waals surface area contributed by atoms with E-state index in [1.165, 1.54) is 24.8 Å². The molecule has 0 atom stereocenters. The molecule has 27 heavy (non-hydrogen) atoms. The van der Waals surface area contributed by atoms with Gasteiger partial charge in [0.2, 0.25) is 0 Å². The Labute approximate surface area is 158 Å². The van der Waals surface area contributed by atoms with Crippen LogP contribution in [-0.2, 0) is 6.54 Å². The molecule has 0 aromatic heterocycles. The maximum Gasteiger partial charge on any atom is 0.311 e. The first kappa shape index (κ1) is 18.8. The maximum absolute atomic E-state index is 12.8. The van der Waals surface area contributed by atoms with Crippen molar-refractivity contribution in [2.24, 2.45) is 0 Å². The highest BCUT2D eigenvalue weighted by Crippen LogP contribution is 2.28. The Morgan fingerprint density at radius 1 is 1.11 bits per heavy atom. The number of hydrogen-bond acceptors (Lipinski definition) is 5. The lowest BCUT2D eigenvalue weighted by atomic mass is 10.1. The van der Waals surface area contributed by atoms with Gasteiger partial charge in [0.05, 0.1) is 12.0 Å². The number of amides is 1. The molecule has 7 nitrogen and oxygen atoms in total. The van der Waals surface area contributed by atoms with E-state index in [4.69, 9.17) is 4.74 Å². The van der Waals surface area contributed by atoms with Crippen molar-refractivity contribution in [1.82, 2.24) is 9.80 Å². The molecule has 3 rings (SSSR count). The van der Waals surface area contributed by atoms with Crippen LogP contribution in [0.1, 0.15) is 22.3 Å². The van der Waals surface area contributed by atoms with Gasteiger partial charge in [-0.05, 0) is 24.1 Å². The Morgan fingerprint density at radius 2 is 1.89 bits per heavy atom. The summed E-state index contributed by atoms with van der Waals surface area (Å²) in [5.74, 6) is -0.0243.